The van der Waals surface area contributed by atoms with Gasteiger partial charge in [0.2, 0.25) is 5.95 Å². The SMILES string of the molecule is CC#CCn1c(N(C)CC(C)N)nc2cnn(Cc3ncc4ccccc4c3C#N)c(=O)c21. The van der Waals surface area contributed by atoms with Gasteiger partial charge in [0.05, 0.1) is 30.5 Å². The van der Waals surface area contributed by atoms with Crippen LogP contribution in [0, 0.1) is 23.2 Å². The Balaban J connectivity index is 1.84. The lowest BCUT2D eigenvalue weighted by atomic mass is 10.1. The van der Waals surface area contributed by atoms with Crippen LogP contribution in [0.2, 0.25) is 0 Å². The highest BCUT2D eigenvalue weighted by Gasteiger charge is 2.20. The first-order valence-corrected chi connectivity index (χ1v) is 10.5. The number of nitrogens with zero attached hydrogens (tertiary/aromatic N) is 7. The van der Waals surface area contributed by atoms with Gasteiger partial charge in [-0.1, -0.05) is 30.2 Å². The number of imidazole rings is 1. The van der Waals surface area contributed by atoms with E-state index < -0.39 is 0 Å². The fourth-order valence-electron chi connectivity index (χ4n) is 3.89. The van der Waals surface area contributed by atoms with Gasteiger partial charge in [-0.2, -0.15) is 10.4 Å². The largest absolute Gasteiger partial charge is 0.344 e. The third-order valence-electron chi connectivity index (χ3n) is 5.34. The number of hydrogen-bond acceptors (Lipinski definition) is 7. The quantitative estimate of drug-likeness (QED) is 0.455. The van der Waals surface area contributed by atoms with E-state index in [0.29, 0.717) is 41.3 Å². The van der Waals surface area contributed by atoms with Gasteiger partial charge < -0.3 is 10.6 Å². The van der Waals surface area contributed by atoms with Gasteiger partial charge in [0.1, 0.15) is 17.1 Å². The Morgan fingerprint density at radius 2 is 2.06 bits per heavy atom. The van der Waals surface area contributed by atoms with Crippen LogP contribution in [-0.2, 0) is 13.1 Å². The fourth-order valence-corrected chi connectivity index (χ4v) is 3.89. The van der Waals surface area contributed by atoms with Crippen LogP contribution in [0.5, 0.6) is 0 Å². The summed E-state index contributed by atoms with van der Waals surface area (Å²) in [7, 11) is 1.88. The second-order valence-corrected chi connectivity index (χ2v) is 7.90. The van der Waals surface area contributed by atoms with E-state index in [2.05, 4.69) is 33.0 Å². The van der Waals surface area contributed by atoms with Gasteiger partial charge in [-0.05, 0) is 13.8 Å². The molecule has 1 aromatic carbocycles. The molecule has 166 valence electrons. The van der Waals surface area contributed by atoms with E-state index >= 15 is 0 Å². The van der Waals surface area contributed by atoms with Crippen LogP contribution in [-0.4, -0.2) is 43.9 Å². The Morgan fingerprint density at radius 1 is 1.27 bits per heavy atom. The standard InChI is InChI=1S/C24H24N8O/c1-4-5-10-31-22-20(29-24(31)30(3)14-16(2)26)13-28-32(23(22)33)15-21-19(11-25)18-9-7-6-8-17(18)12-27-21/h6-9,12-13,16H,10,14-15,26H2,1-3H3. The van der Waals surface area contributed by atoms with Crippen molar-refractivity contribution in [3.05, 3.63) is 58.3 Å². The van der Waals surface area contributed by atoms with Crippen molar-refractivity contribution < 1.29 is 0 Å². The lowest BCUT2D eigenvalue weighted by Gasteiger charge is -2.20. The number of fused-ring (bicyclic) bond motifs is 2. The summed E-state index contributed by atoms with van der Waals surface area (Å²) in [4.78, 5) is 24.4. The number of hydrogen-bond donors (Lipinski definition) is 1. The molecule has 0 amide bonds. The summed E-state index contributed by atoms with van der Waals surface area (Å²) < 4.78 is 3.10. The van der Waals surface area contributed by atoms with Crippen LogP contribution in [0.3, 0.4) is 0 Å². The molecule has 3 heterocycles. The number of benzene rings is 1. The zero-order valence-electron chi connectivity index (χ0n) is 18.8. The molecule has 0 fully saturated rings. The highest BCUT2D eigenvalue weighted by molar-refractivity contribution is 5.87. The molecular weight excluding hydrogens is 416 g/mol. The first-order valence-electron chi connectivity index (χ1n) is 10.5. The minimum absolute atomic E-state index is 0.0676. The molecule has 0 saturated carbocycles. The average molecular weight is 441 g/mol. The molecule has 1 atom stereocenters. The van der Waals surface area contributed by atoms with Gasteiger partial charge in [0.15, 0.2) is 0 Å². The maximum atomic E-state index is 13.5. The Bertz CT molecular complexity index is 1500. The third-order valence-corrected chi connectivity index (χ3v) is 5.34. The number of pyridine rings is 1. The normalized spacial score (nSPS) is 11.7. The molecule has 0 spiro atoms. The van der Waals surface area contributed by atoms with E-state index in [4.69, 9.17) is 5.73 Å². The molecule has 0 aliphatic heterocycles. The molecule has 4 rings (SSSR count). The Labute approximate surface area is 191 Å². The van der Waals surface area contributed by atoms with Crippen molar-refractivity contribution >= 4 is 27.8 Å². The van der Waals surface area contributed by atoms with Crippen LogP contribution >= 0.6 is 0 Å². The minimum Gasteiger partial charge on any atom is -0.344 e. The van der Waals surface area contributed by atoms with Crippen molar-refractivity contribution in [1.82, 2.24) is 24.3 Å². The van der Waals surface area contributed by atoms with Crippen molar-refractivity contribution in [2.75, 3.05) is 18.5 Å². The predicted molar refractivity (Wildman–Crippen MR) is 128 cm³/mol. The summed E-state index contributed by atoms with van der Waals surface area (Å²) in [6.07, 6.45) is 3.26. The van der Waals surface area contributed by atoms with Gasteiger partial charge in [-0.15, -0.1) is 5.92 Å². The monoisotopic (exact) mass is 440 g/mol. The molecular formula is C24H24N8O. The maximum Gasteiger partial charge on any atom is 0.293 e. The average Bonchev–Trinajstić information content (AvgIpc) is 3.18. The lowest BCUT2D eigenvalue weighted by molar-refractivity contribution is 0.630. The highest BCUT2D eigenvalue weighted by Crippen LogP contribution is 2.21. The van der Waals surface area contributed by atoms with E-state index in [1.807, 2.05) is 43.1 Å². The lowest BCUT2D eigenvalue weighted by Crippen LogP contribution is -2.34. The summed E-state index contributed by atoms with van der Waals surface area (Å²) in [5.74, 6) is 6.49. The summed E-state index contributed by atoms with van der Waals surface area (Å²) >= 11 is 0. The molecule has 3 aromatic heterocycles. The topological polar surface area (TPSA) is 119 Å². The summed E-state index contributed by atoms with van der Waals surface area (Å²) in [6, 6.07) is 9.70. The molecule has 0 saturated heterocycles. The second kappa shape index (κ2) is 9.11. The minimum atomic E-state index is -0.322. The number of rotatable bonds is 6. The fraction of sp³-hybridized carbons (Fsp3) is 0.292. The Morgan fingerprint density at radius 3 is 2.79 bits per heavy atom. The van der Waals surface area contributed by atoms with Gasteiger partial charge in [0.25, 0.3) is 5.56 Å². The second-order valence-electron chi connectivity index (χ2n) is 7.90. The molecule has 0 aliphatic carbocycles. The van der Waals surface area contributed by atoms with E-state index in [9.17, 15) is 10.1 Å². The van der Waals surface area contributed by atoms with Crippen molar-refractivity contribution in [3.8, 4) is 17.9 Å². The van der Waals surface area contributed by atoms with Crippen molar-refractivity contribution in [2.24, 2.45) is 5.73 Å². The first kappa shape index (κ1) is 22.0. The molecule has 0 aliphatic rings. The third kappa shape index (κ3) is 4.14. The summed E-state index contributed by atoms with van der Waals surface area (Å²) in [5.41, 5.74) is 7.44. The molecule has 4 aromatic rings. The van der Waals surface area contributed by atoms with Crippen molar-refractivity contribution in [1.29, 1.82) is 5.26 Å². The summed E-state index contributed by atoms with van der Waals surface area (Å²) in [5, 5.41) is 15.7. The van der Waals surface area contributed by atoms with Crippen molar-refractivity contribution in [3.63, 3.8) is 0 Å². The summed E-state index contributed by atoms with van der Waals surface area (Å²) in [6.45, 7) is 4.60. The highest BCUT2D eigenvalue weighted by atomic mass is 16.1. The number of nitrogens with two attached hydrogens (primary N) is 1. The van der Waals surface area contributed by atoms with Crippen LogP contribution in [0.15, 0.2) is 41.5 Å². The first-order chi connectivity index (χ1) is 15.9. The molecule has 9 heteroatoms. The van der Waals surface area contributed by atoms with Crippen molar-refractivity contribution in [2.45, 2.75) is 33.0 Å². The molecule has 0 radical (unpaired) electrons. The zero-order valence-corrected chi connectivity index (χ0v) is 18.8. The van der Waals surface area contributed by atoms with E-state index in [1.54, 1.807) is 23.9 Å². The molecule has 1 unspecified atom stereocenters. The smallest absolute Gasteiger partial charge is 0.293 e. The van der Waals surface area contributed by atoms with E-state index in [-0.39, 0.29) is 18.1 Å². The molecule has 0 bridgehead atoms. The van der Waals surface area contributed by atoms with Crippen LogP contribution in [0.1, 0.15) is 25.1 Å². The number of aromatic nitrogens is 5. The predicted octanol–water partition coefficient (Wildman–Crippen LogP) is 1.87. The number of likely N-dealkylation sites (N-methyl/N-ethyl adjacent to an activating group) is 1. The zero-order chi connectivity index (χ0) is 23.5. The van der Waals surface area contributed by atoms with E-state index in [1.165, 1.54) is 4.68 Å². The molecule has 33 heavy (non-hydrogen) atoms. The van der Waals surface area contributed by atoms with Crippen LogP contribution < -0.4 is 16.2 Å². The van der Waals surface area contributed by atoms with Gasteiger partial charge >= 0.3 is 0 Å². The Kier molecular flexibility index (Phi) is 6.07. The van der Waals surface area contributed by atoms with E-state index in [0.717, 1.165) is 10.8 Å². The van der Waals surface area contributed by atoms with Gasteiger partial charge in [0, 0.05) is 36.6 Å². The van der Waals surface area contributed by atoms with Gasteiger partial charge in [-0.25, -0.2) is 9.67 Å². The van der Waals surface area contributed by atoms with Crippen LogP contribution in [0.4, 0.5) is 5.95 Å². The molecule has 9 nitrogen and oxygen atoms in total. The number of anilines is 1. The van der Waals surface area contributed by atoms with Gasteiger partial charge in [-0.3, -0.25) is 14.3 Å². The maximum absolute atomic E-state index is 13.5. The Hall–Kier alpha value is -4.21. The number of nitriles is 1. The van der Waals surface area contributed by atoms with Crippen LogP contribution in [0.25, 0.3) is 21.8 Å². The molecule has 2 N–H and O–H groups in total.